The molecule has 5 nitrogen and oxygen atoms in total. The van der Waals surface area contributed by atoms with Crippen LogP contribution in [0.2, 0.25) is 0 Å². The van der Waals surface area contributed by atoms with Crippen LogP contribution in [0.1, 0.15) is 37.7 Å². The molecule has 26 heavy (non-hydrogen) atoms. The zero-order chi connectivity index (χ0) is 18.2. The summed E-state index contributed by atoms with van der Waals surface area (Å²) in [4.78, 5) is 6.65. The molecule has 6 heteroatoms. The smallest absolute Gasteiger partial charge is 0.193 e. The molecule has 0 aromatic heterocycles. The van der Waals surface area contributed by atoms with E-state index in [9.17, 15) is 4.39 Å². The van der Waals surface area contributed by atoms with E-state index in [1.165, 1.54) is 25.0 Å². The van der Waals surface area contributed by atoms with Crippen LogP contribution in [0.3, 0.4) is 0 Å². The maximum Gasteiger partial charge on any atom is 0.193 e. The Morgan fingerprint density at radius 3 is 2.65 bits per heavy atom. The van der Waals surface area contributed by atoms with Crippen molar-refractivity contribution in [2.24, 2.45) is 4.99 Å². The molecular formula is C20H30FN3O2. The van der Waals surface area contributed by atoms with E-state index in [4.69, 9.17) is 9.47 Å². The Bertz CT molecular complexity index is 565. The standard InChI is InChI=1S/C20H30FN3O2/c1-22-20(23-14-16-5-7-17(21)8-6-16)24-11-9-18(10-12-24)26-15-19-4-2-3-13-25-19/h5-8,18-19H,2-4,9-15H2,1H3,(H,22,23). The van der Waals surface area contributed by atoms with E-state index in [-0.39, 0.29) is 11.9 Å². The minimum absolute atomic E-state index is 0.209. The Labute approximate surface area is 155 Å². The average molecular weight is 363 g/mol. The summed E-state index contributed by atoms with van der Waals surface area (Å²) >= 11 is 0. The molecule has 1 unspecified atom stereocenters. The van der Waals surface area contributed by atoms with Crippen LogP contribution >= 0.6 is 0 Å². The van der Waals surface area contributed by atoms with Crippen LogP contribution in [0.4, 0.5) is 4.39 Å². The van der Waals surface area contributed by atoms with Gasteiger partial charge in [0.1, 0.15) is 5.82 Å². The lowest BCUT2D eigenvalue weighted by atomic mass is 10.1. The number of hydrogen-bond donors (Lipinski definition) is 1. The lowest BCUT2D eigenvalue weighted by Gasteiger charge is -2.35. The van der Waals surface area contributed by atoms with Crippen LogP contribution in [-0.4, -0.2) is 56.4 Å². The lowest BCUT2D eigenvalue weighted by Crippen LogP contribution is -2.47. The van der Waals surface area contributed by atoms with Gasteiger partial charge in [0.25, 0.3) is 0 Å². The van der Waals surface area contributed by atoms with Gasteiger partial charge in [-0.05, 0) is 49.8 Å². The number of aliphatic imine (C=N–C) groups is 1. The van der Waals surface area contributed by atoms with Crippen molar-refractivity contribution in [3.63, 3.8) is 0 Å². The van der Waals surface area contributed by atoms with Crippen LogP contribution in [0.25, 0.3) is 0 Å². The number of halogens is 1. The summed E-state index contributed by atoms with van der Waals surface area (Å²) in [5.74, 6) is 0.683. The molecule has 144 valence electrons. The predicted octanol–water partition coefficient (Wildman–Crippen LogP) is 2.95. The van der Waals surface area contributed by atoms with E-state index in [0.29, 0.717) is 12.6 Å². The molecule has 1 aromatic rings. The largest absolute Gasteiger partial charge is 0.376 e. The number of ether oxygens (including phenoxy) is 2. The first-order valence-electron chi connectivity index (χ1n) is 9.68. The highest BCUT2D eigenvalue weighted by atomic mass is 19.1. The van der Waals surface area contributed by atoms with E-state index in [1.807, 2.05) is 0 Å². The quantitative estimate of drug-likeness (QED) is 0.645. The van der Waals surface area contributed by atoms with Gasteiger partial charge in [-0.25, -0.2) is 4.39 Å². The first-order chi connectivity index (χ1) is 12.7. The van der Waals surface area contributed by atoms with E-state index >= 15 is 0 Å². The molecule has 3 rings (SSSR count). The van der Waals surface area contributed by atoms with E-state index in [1.54, 1.807) is 19.2 Å². The number of rotatable bonds is 5. The third-order valence-corrected chi connectivity index (χ3v) is 5.11. The molecule has 0 aliphatic carbocycles. The molecule has 0 radical (unpaired) electrons. The maximum atomic E-state index is 13.0. The molecule has 0 amide bonds. The van der Waals surface area contributed by atoms with Gasteiger partial charge >= 0.3 is 0 Å². The van der Waals surface area contributed by atoms with E-state index < -0.39 is 0 Å². The molecule has 2 heterocycles. The summed E-state index contributed by atoms with van der Waals surface area (Å²) in [6.45, 7) is 4.10. The molecule has 0 saturated carbocycles. The minimum Gasteiger partial charge on any atom is -0.376 e. The molecule has 1 atom stereocenters. The zero-order valence-electron chi connectivity index (χ0n) is 15.6. The third kappa shape index (κ3) is 5.68. The summed E-state index contributed by atoms with van der Waals surface area (Å²) in [6, 6.07) is 6.56. The lowest BCUT2D eigenvalue weighted by molar-refractivity contribution is -0.0721. The van der Waals surface area contributed by atoms with Gasteiger partial charge in [0, 0.05) is 33.3 Å². The topological polar surface area (TPSA) is 46.1 Å². The zero-order valence-corrected chi connectivity index (χ0v) is 15.6. The van der Waals surface area contributed by atoms with Gasteiger partial charge in [0.15, 0.2) is 5.96 Å². The molecule has 2 saturated heterocycles. The summed E-state index contributed by atoms with van der Waals surface area (Å²) < 4.78 is 24.8. The van der Waals surface area contributed by atoms with Gasteiger partial charge < -0.3 is 19.7 Å². The van der Waals surface area contributed by atoms with Gasteiger partial charge in [-0.3, -0.25) is 4.99 Å². The number of nitrogens with zero attached hydrogens (tertiary/aromatic N) is 2. The summed E-state index contributed by atoms with van der Waals surface area (Å²) in [5.41, 5.74) is 1.04. The Kier molecular flexibility index (Phi) is 7.26. The number of guanidine groups is 1. The summed E-state index contributed by atoms with van der Waals surface area (Å²) in [7, 11) is 1.80. The Hall–Kier alpha value is -1.66. The van der Waals surface area contributed by atoms with Gasteiger partial charge in [0.2, 0.25) is 0 Å². The van der Waals surface area contributed by atoms with Crippen molar-refractivity contribution in [3.8, 4) is 0 Å². The number of likely N-dealkylation sites (tertiary alicyclic amines) is 1. The van der Waals surface area contributed by atoms with Crippen LogP contribution in [0, 0.1) is 5.82 Å². The Morgan fingerprint density at radius 2 is 2.00 bits per heavy atom. The van der Waals surface area contributed by atoms with E-state index in [0.717, 1.165) is 57.1 Å². The average Bonchev–Trinajstić information content (AvgIpc) is 2.70. The fourth-order valence-electron chi connectivity index (χ4n) is 3.53. The van der Waals surface area contributed by atoms with Gasteiger partial charge in [-0.1, -0.05) is 12.1 Å². The molecule has 0 bridgehead atoms. The molecule has 1 N–H and O–H groups in total. The predicted molar refractivity (Wildman–Crippen MR) is 101 cm³/mol. The maximum absolute atomic E-state index is 13.0. The van der Waals surface area contributed by atoms with Crippen LogP contribution in [0.15, 0.2) is 29.3 Å². The van der Waals surface area contributed by atoms with Crippen molar-refractivity contribution in [2.75, 3.05) is 33.4 Å². The number of nitrogens with one attached hydrogen (secondary N) is 1. The van der Waals surface area contributed by atoms with Crippen LogP contribution in [-0.2, 0) is 16.0 Å². The van der Waals surface area contributed by atoms with Crippen LogP contribution < -0.4 is 5.32 Å². The highest BCUT2D eigenvalue weighted by Gasteiger charge is 2.23. The summed E-state index contributed by atoms with van der Waals surface area (Å²) in [5, 5.41) is 3.37. The molecule has 1 aromatic carbocycles. The molecular weight excluding hydrogens is 333 g/mol. The van der Waals surface area contributed by atoms with Crippen molar-refractivity contribution >= 4 is 5.96 Å². The Balaban J connectivity index is 1.38. The molecule has 2 fully saturated rings. The van der Waals surface area contributed by atoms with Crippen molar-refractivity contribution < 1.29 is 13.9 Å². The van der Waals surface area contributed by atoms with Crippen molar-refractivity contribution in [1.29, 1.82) is 0 Å². The Morgan fingerprint density at radius 1 is 1.23 bits per heavy atom. The minimum atomic E-state index is -0.209. The summed E-state index contributed by atoms with van der Waals surface area (Å²) in [6.07, 6.45) is 6.16. The SMILES string of the molecule is CN=C(NCc1ccc(F)cc1)N1CCC(OCC2CCCCO2)CC1. The molecule has 2 aliphatic rings. The molecule has 2 aliphatic heterocycles. The van der Waals surface area contributed by atoms with Crippen LogP contribution in [0.5, 0.6) is 0 Å². The van der Waals surface area contributed by atoms with E-state index in [2.05, 4.69) is 15.2 Å². The number of hydrogen-bond acceptors (Lipinski definition) is 3. The number of benzene rings is 1. The first kappa shape index (κ1) is 19.1. The highest BCUT2D eigenvalue weighted by molar-refractivity contribution is 5.79. The molecule has 0 spiro atoms. The van der Waals surface area contributed by atoms with Gasteiger partial charge in [0.05, 0.1) is 18.8 Å². The first-order valence-corrected chi connectivity index (χ1v) is 9.68. The van der Waals surface area contributed by atoms with Crippen molar-refractivity contribution in [1.82, 2.24) is 10.2 Å². The normalized spacial score (nSPS) is 22.5. The second-order valence-corrected chi connectivity index (χ2v) is 7.04. The second kappa shape index (κ2) is 9.88. The fourth-order valence-corrected chi connectivity index (χ4v) is 3.53. The third-order valence-electron chi connectivity index (χ3n) is 5.11. The van der Waals surface area contributed by atoms with Gasteiger partial charge in [-0.2, -0.15) is 0 Å². The second-order valence-electron chi connectivity index (χ2n) is 7.04. The number of piperidine rings is 1. The van der Waals surface area contributed by atoms with Gasteiger partial charge in [-0.15, -0.1) is 0 Å². The van der Waals surface area contributed by atoms with Crippen molar-refractivity contribution in [3.05, 3.63) is 35.6 Å². The monoisotopic (exact) mass is 363 g/mol. The van der Waals surface area contributed by atoms with Crippen molar-refractivity contribution in [2.45, 2.75) is 50.9 Å². The highest BCUT2D eigenvalue weighted by Crippen LogP contribution is 2.18. The fraction of sp³-hybridized carbons (Fsp3) is 0.650.